The van der Waals surface area contributed by atoms with E-state index in [0.717, 1.165) is 15.6 Å². The van der Waals surface area contributed by atoms with Crippen molar-refractivity contribution in [3.05, 3.63) is 69.7 Å². The van der Waals surface area contributed by atoms with Crippen LogP contribution in [0.15, 0.2) is 53.0 Å². The minimum absolute atomic E-state index is 0.0190. The lowest BCUT2D eigenvalue weighted by Crippen LogP contribution is -2.43. The fraction of sp³-hybridized carbons (Fsp3) is 0.333. The Bertz CT molecular complexity index is 761. The van der Waals surface area contributed by atoms with Crippen molar-refractivity contribution in [1.82, 2.24) is 5.32 Å². The van der Waals surface area contributed by atoms with Crippen LogP contribution < -0.4 is 5.32 Å². The van der Waals surface area contributed by atoms with E-state index in [4.69, 9.17) is 4.74 Å². The number of carbonyl (C=O) groups excluding carboxylic acids is 2. The summed E-state index contributed by atoms with van der Waals surface area (Å²) in [6.45, 7) is 6.36. The molecular formula is C21H24BrNO3. The van der Waals surface area contributed by atoms with E-state index in [0.29, 0.717) is 12.0 Å². The van der Waals surface area contributed by atoms with Crippen LogP contribution in [0.4, 0.5) is 0 Å². The number of esters is 1. The minimum Gasteiger partial charge on any atom is -0.467 e. The number of carbonyl (C=O) groups is 2. The van der Waals surface area contributed by atoms with Crippen LogP contribution >= 0.6 is 15.9 Å². The summed E-state index contributed by atoms with van der Waals surface area (Å²) in [5.41, 5.74) is 2.62. The average Bonchev–Trinajstić information content (AvgIpc) is 2.61. The first-order valence-electron chi connectivity index (χ1n) is 8.44. The third-order valence-corrected chi connectivity index (χ3v) is 4.69. The van der Waals surface area contributed by atoms with Crippen LogP contribution in [0.5, 0.6) is 0 Å². The van der Waals surface area contributed by atoms with Gasteiger partial charge in [0.2, 0.25) is 0 Å². The van der Waals surface area contributed by atoms with Crippen LogP contribution in [0, 0.1) is 0 Å². The molecule has 0 saturated carbocycles. The molecule has 4 nitrogen and oxygen atoms in total. The SMILES string of the molecule is COC(=O)[C@H](Cc1ccc(Br)cc1)NC(=O)c1ccc(C(C)(C)C)cc1. The van der Waals surface area contributed by atoms with Gasteiger partial charge in [0.15, 0.2) is 0 Å². The zero-order chi connectivity index (χ0) is 19.3. The van der Waals surface area contributed by atoms with Gasteiger partial charge in [0, 0.05) is 16.5 Å². The number of benzene rings is 2. The maximum absolute atomic E-state index is 12.6. The van der Waals surface area contributed by atoms with Crippen molar-refractivity contribution in [2.45, 2.75) is 38.6 Å². The van der Waals surface area contributed by atoms with E-state index in [1.165, 1.54) is 7.11 Å². The highest BCUT2D eigenvalue weighted by Gasteiger charge is 2.23. The third kappa shape index (κ3) is 5.43. The van der Waals surface area contributed by atoms with Crippen molar-refractivity contribution in [2.75, 3.05) is 7.11 Å². The first-order chi connectivity index (χ1) is 12.2. The second kappa shape index (κ2) is 8.49. The molecule has 0 bridgehead atoms. The van der Waals surface area contributed by atoms with Crippen LogP contribution in [0.1, 0.15) is 42.3 Å². The number of ether oxygens (including phenoxy) is 1. The van der Waals surface area contributed by atoms with E-state index < -0.39 is 12.0 Å². The Labute approximate surface area is 163 Å². The van der Waals surface area contributed by atoms with E-state index in [1.807, 2.05) is 36.4 Å². The first kappa shape index (κ1) is 20.2. The Morgan fingerprint density at radius 2 is 1.62 bits per heavy atom. The molecule has 26 heavy (non-hydrogen) atoms. The number of hydrogen-bond donors (Lipinski definition) is 1. The summed E-state index contributed by atoms with van der Waals surface area (Å²) in [6, 6.07) is 14.3. The van der Waals surface area contributed by atoms with E-state index >= 15 is 0 Å². The molecule has 2 aromatic carbocycles. The molecule has 0 saturated heterocycles. The number of amides is 1. The van der Waals surface area contributed by atoms with Crippen LogP contribution in [-0.4, -0.2) is 25.0 Å². The minimum atomic E-state index is -0.740. The fourth-order valence-corrected chi connectivity index (χ4v) is 2.82. The maximum atomic E-state index is 12.6. The summed E-state index contributed by atoms with van der Waals surface area (Å²) in [5, 5.41) is 2.78. The Kier molecular flexibility index (Phi) is 6.59. The molecule has 0 aliphatic rings. The van der Waals surface area contributed by atoms with Gasteiger partial charge in [0.25, 0.3) is 5.91 Å². The Hall–Kier alpha value is -2.14. The number of methoxy groups -OCH3 is 1. The van der Waals surface area contributed by atoms with E-state index in [9.17, 15) is 9.59 Å². The number of rotatable bonds is 5. The highest BCUT2D eigenvalue weighted by atomic mass is 79.9. The molecule has 0 heterocycles. The first-order valence-corrected chi connectivity index (χ1v) is 9.23. The van der Waals surface area contributed by atoms with Crippen molar-refractivity contribution < 1.29 is 14.3 Å². The van der Waals surface area contributed by atoms with Crippen molar-refractivity contribution >= 4 is 27.8 Å². The summed E-state index contributed by atoms with van der Waals surface area (Å²) in [7, 11) is 1.32. The number of halogens is 1. The zero-order valence-corrected chi connectivity index (χ0v) is 17.1. The summed E-state index contributed by atoms with van der Waals surface area (Å²) >= 11 is 3.38. The lowest BCUT2D eigenvalue weighted by molar-refractivity contribution is -0.142. The van der Waals surface area contributed by atoms with Gasteiger partial charge in [-0.3, -0.25) is 4.79 Å². The third-order valence-electron chi connectivity index (χ3n) is 4.16. The number of hydrogen-bond acceptors (Lipinski definition) is 3. The van der Waals surface area contributed by atoms with Gasteiger partial charge in [-0.25, -0.2) is 4.79 Å². The normalized spacial score (nSPS) is 12.3. The summed E-state index contributed by atoms with van der Waals surface area (Å²) in [6.07, 6.45) is 0.367. The molecule has 0 aliphatic heterocycles. The van der Waals surface area contributed by atoms with Crippen molar-refractivity contribution in [3.63, 3.8) is 0 Å². The predicted molar refractivity (Wildman–Crippen MR) is 106 cm³/mol. The van der Waals surface area contributed by atoms with Crippen LogP contribution in [0.2, 0.25) is 0 Å². The molecule has 0 radical (unpaired) electrons. The molecule has 0 fully saturated rings. The average molecular weight is 418 g/mol. The molecule has 138 valence electrons. The van der Waals surface area contributed by atoms with Gasteiger partial charge in [-0.15, -0.1) is 0 Å². The molecule has 0 spiro atoms. The quantitative estimate of drug-likeness (QED) is 0.739. The molecule has 0 unspecified atom stereocenters. The van der Waals surface area contributed by atoms with Gasteiger partial charge >= 0.3 is 5.97 Å². The van der Waals surface area contributed by atoms with Gasteiger partial charge in [-0.05, 0) is 40.8 Å². The Balaban J connectivity index is 2.13. The molecule has 0 aromatic heterocycles. The number of nitrogens with one attached hydrogen (secondary N) is 1. The second-order valence-electron chi connectivity index (χ2n) is 7.21. The molecule has 5 heteroatoms. The zero-order valence-electron chi connectivity index (χ0n) is 15.5. The molecule has 2 rings (SSSR count). The van der Waals surface area contributed by atoms with Crippen molar-refractivity contribution in [1.29, 1.82) is 0 Å². The van der Waals surface area contributed by atoms with Crippen molar-refractivity contribution in [3.8, 4) is 0 Å². The largest absolute Gasteiger partial charge is 0.467 e. The maximum Gasteiger partial charge on any atom is 0.328 e. The topological polar surface area (TPSA) is 55.4 Å². The van der Waals surface area contributed by atoms with Gasteiger partial charge in [-0.2, -0.15) is 0 Å². The highest BCUT2D eigenvalue weighted by molar-refractivity contribution is 9.10. The Morgan fingerprint density at radius 1 is 1.04 bits per heavy atom. The highest BCUT2D eigenvalue weighted by Crippen LogP contribution is 2.22. The second-order valence-corrected chi connectivity index (χ2v) is 8.12. The molecule has 1 amide bonds. The molecule has 1 atom stereocenters. The van der Waals surface area contributed by atoms with Gasteiger partial charge in [0.05, 0.1) is 7.11 Å². The van der Waals surface area contributed by atoms with Gasteiger partial charge in [0.1, 0.15) is 6.04 Å². The lowest BCUT2D eigenvalue weighted by Gasteiger charge is -2.20. The molecular weight excluding hydrogens is 394 g/mol. The van der Waals surface area contributed by atoms with Crippen LogP contribution in [-0.2, 0) is 21.4 Å². The van der Waals surface area contributed by atoms with Gasteiger partial charge < -0.3 is 10.1 Å². The summed E-state index contributed by atoms with van der Waals surface area (Å²) < 4.78 is 5.80. The summed E-state index contributed by atoms with van der Waals surface area (Å²) in [4.78, 5) is 24.6. The monoisotopic (exact) mass is 417 g/mol. The standard InChI is InChI=1S/C21H24BrNO3/c1-21(2,3)16-9-7-15(8-10-16)19(24)23-18(20(25)26-4)13-14-5-11-17(22)12-6-14/h5-12,18H,13H2,1-4H3,(H,23,24)/t18-/m0/s1. The smallest absolute Gasteiger partial charge is 0.328 e. The molecule has 0 aliphatic carbocycles. The summed E-state index contributed by atoms with van der Waals surface area (Å²) in [5.74, 6) is -0.759. The van der Waals surface area contributed by atoms with E-state index in [1.54, 1.807) is 12.1 Å². The lowest BCUT2D eigenvalue weighted by atomic mass is 9.86. The van der Waals surface area contributed by atoms with Crippen LogP contribution in [0.3, 0.4) is 0 Å². The Morgan fingerprint density at radius 3 is 2.12 bits per heavy atom. The van der Waals surface area contributed by atoms with E-state index in [2.05, 4.69) is 42.0 Å². The fourth-order valence-electron chi connectivity index (χ4n) is 2.55. The predicted octanol–water partition coefficient (Wildman–Crippen LogP) is 4.26. The van der Waals surface area contributed by atoms with Crippen molar-refractivity contribution in [2.24, 2.45) is 0 Å². The molecule has 1 N–H and O–H groups in total. The van der Waals surface area contributed by atoms with Crippen LogP contribution in [0.25, 0.3) is 0 Å². The molecule has 2 aromatic rings. The van der Waals surface area contributed by atoms with Gasteiger partial charge in [-0.1, -0.05) is 61.0 Å². The van der Waals surface area contributed by atoms with E-state index in [-0.39, 0.29) is 11.3 Å².